The zero-order chi connectivity index (χ0) is 27.6. The number of benzene rings is 1. The van der Waals surface area contributed by atoms with Crippen LogP contribution in [0.1, 0.15) is 67.9 Å². The molecule has 1 aromatic heterocycles. The van der Waals surface area contributed by atoms with E-state index in [1.807, 2.05) is 24.1 Å². The maximum atomic E-state index is 12.1. The van der Waals surface area contributed by atoms with E-state index >= 15 is 0 Å². The Kier molecular flexibility index (Phi) is 7.88. The fourth-order valence-corrected chi connectivity index (χ4v) is 6.42. The lowest BCUT2D eigenvalue weighted by molar-refractivity contribution is -0.125. The van der Waals surface area contributed by atoms with E-state index in [-0.39, 0.29) is 23.1 Å². The van der Waals surface area contributed by atoms with Crippen molar-refractivity contribution in [3.05, 3.63) is 54.4 Å². The molecule has 1 aliphatic carbocycles. The van der Waals surface area contributed by atoms with Crippen LogP contribution in [-0.4, -0.2) is 76.9 Å². The standard InChI is InChI=1S/C30H41N7O2/c1-4-26(38)37-16-13-24(20-37)35(3)25-19-32-27(28(31)39)29(34-25)33-22-11-9-21(10-12-22)30(2)14-17-36(18-15-30)23-7-5-6-8-23/h4,9-12,19,23-24H,1,5-8,13-18,20H2,2-3H3,(H2,31,39)(H,33,34)/t24-/m1/s1. The molecule has 1 aromatic carbocycles. The molecule has 39 heavy (non-hydrogen) atoms. The van der Waals surface area contributed by atoms with Crippen LogP contribution < -0.4 is 16.0 Å². The molecule has 5 rings (SSSR count). The molecule has 1 atom stereocenters. The minimum atomic E-state index is -0.638. The molecule has 0 spiro atoms. The number of piperidine rings is 1. The molecule has 1 saturated carbocycles. The molecule has 208 valence electrons. The average molecular weight is 532 g/mol. The lowest BCUT2D eigenvalue weighted by atomic mass is 9.74. The Labute approximate surface area is 231 Å². The van der Waals surface area contributed by atoms with Gasteiger partial charge in [0.15, 0.2) is 11.5 Å². The van der Waals surface area contributed by atoms with Crippen molar-refractivity contribution in [2.45, 2.75) is 69.4 Å². The Morgan fingerprint density at radius 1 is 1.13 bits per heavy atom. The molecule has 3 aliphatic rings. The third-order valence-corrected chi connectivity index (χ3v) is 9.14. The number of carbonyl (C=O) groups excluding carboxylic acids is 2. The van der Waals surface area contributed by atoms with E-state index in [9.17, 15) is 9.59 Å². The molecule has 9 heteroatoms. The van der Waals surface area contributed by atoms with Crippen molar-refractivity contribution in [1.29, 1.82) is 0 Å². The quantitative estimate of drug-likeness (QED) is 0.499. The Morgan fingerprint density at radius 2 is 1.82 bits per heavy atom. The van der Waals surface area contributed by atoms with Crippen LogP contribution in [0.3, 0.4) is 0 Å². The number of anilines is 3. The number of aromatic nitrogens is 2. The number of amides is 2. The van der Waals surface area contributed by atoms with Crippen molar-refractivity contribution in [3.8, 4) is 0 Å². The number of hydrogen-bond donors (Lipinski definition) is 2. The fraction of sp³-hybridized carbons (Fsp3) is 0.533. The largest absolute Gasteiger partial charge is 0.364 e. The van der Waals surface area contributed by atoms with Crippen molar-refractivity contribution < 1.29 is 9.59 Å². The summed E-state index contributed by atoms with van der Waals surface area (Å²) in [7, 11) is 1.93. The van der Waals surface area contributed by atoms with Gasteiger partial charge < -0.3 is 25.8 Å². The highest BCUT2D eigenvalue weighted by Crippen LogP contribution is 2.38. The monoisotopic (exact) mass is 531 g/mol. The van der Waals surface area contributed by atoms with Crippen LogP contribution in [0.5, 0.6) is 0 Å². The number of carbonyl (C=O) groups is 2. The molecule has 0 radical (unpaired) electrons. The molecule has 9 nitrogen and oxygen atoms in total. The Hall–Kier alpha value is -3.46. The summed E-state index contributed by atoms with van der Waals surface area (Å²) in [4.78, 5) is 39.7. The second-order valence-corrected chi connectivity index (χ2v) is 11.6. The lowest BCUT2D eigenvalue weighted by Gasteiger charge is -2.42. The fourth-order valence-electron chi connectivity index (χ4n) is 6.42. The van der Waals surface area contributed by atoms with Gasteiger partial charge >= 0.3 is 0 Å². The van der Waals surface area contributed by atoms with E-state index in [1.165, 1.54) is 63.3 Å². The molecule has 2 aliphatic heterocycles. The van der Waals surface area contributed by atoms with Crippen LogP contribution in [0.2, 0.25) is 0 Å². The van der Waals surface area contributed by atoms with Crippen LogP contribution in [0, 0.1) is 0 Å². The second-order valence-electron chi connectivity index (χ2n) is 11.6. The highest BCUT2D eigenvalue weighted by Gasteiger charge is 2.35. The molecule has 2 amide bonds. The normalized spacial score (nSPS) is 21.6. The van der Waals surface area contributed by atoms with E-state index in [0.717, 1.165) is 18.2 Å². The first kappa shape index (κ1) is 27.1. The first-order valence-electron chi connectivity index (χ1n) is 14.2. The summed E-state index contributed by atoms with van der Waals surface area (Å²) in [6, 6.07) is 9.34. The summed E-state index contributed by atoms with van der Waals surface area (Å²) < 4.78 is 0. The van der Waals surface area contributed by atoms with Crippen LogP contribution >= 0.6 is 0 Å². The molecule has 2 aromatic rings. The van der Waals surface area contributed by atoms with Gasteiger partial charge in [-0.2, -0.15) is 0 Å². The van der Waals surface area contributed by atoms with Crippen LogP contribution in [-0.2, 0) is 10.2 Å². The summed E-state index contributed by atoms with van der Waals surface area (Å²) in [6.45, 7) is 9.55. The molecule has 3 heterocycles. The van der Waals surface area contributed by atoms with E-state index in [1.54, 1.807) is 11.1 Å². The number of nitrogens with two attached hydrogens (primary N) is 1. The number of nitrogens with zero attached hydrogens (tertiary/aromatic N) is 5. The van der Waals surface area contributed by atoms with Crippen LogP contribution in [0.4, 0.5) is 17.3 Å². The summed E-state index contributed by atoms with van der Waals surface area (Å²) >= 11 is 0. The number of nitrogens with one attached hydrogen (secondary N) is 1. The van der Waals surface area contributed by atoms with Crippen molar-refractivity contribution in [3.63, 3.8) is 0 Å². The number of primary amides is 1. The summed E-state index contributed by atoms with van der Waals surface area (Å²) in [6.07, 6.45) is 11.5. The molecule has 3 N–H and O–H groups in total. The topological polar surface area (TPSA) is 108 Å². The van der Waals surface area contributed by atoms with Gasteiger partial charge in [-0.1, -0.05) is 38.5 Å². The number of likely N-dealkylation sites (tertiary alicyclic amines) is 2. The zero-order valence-corrected chi connectivity index (χ0v) is 23.2. The minimum Gasteiger partial charge on any atom is -0.364 e. The molecular formula is C30H41N7O2. The molecular weight excluding hydrogens is 490 g/mol. The summed E-state index contributed by atoms with van der Waals surface area (Å²) in [5.74, 6) is 0.229. The van der Waals surface area contributed by atoms with Gasteiger partial charge in [0.2, 0.25) is 5.91 Å². The van der Waals surface area contributed by atoms with Gasteiger partial charge in [0.1, 0.15) is 5.82 Å². The highest BCUT2D eigenvalue weighted by atomic mass is 16.2. The van der Waals surface area contributed by atoms with E-state index in [0.29, 0.717) is 24.7 Å². The average Bonchev–Trinajstić information content (AvgIpc) is 3.66. The van der Waals surface area contributed by atoms with Crippen LogP contribution in [0.25, 0.3) is 0 Å². The zero-order valence-electron chi connectivity index (χ0n) is 23.2. The Bertz CT molecular complexity index is 1200. The van der Waals surface area contributed by atoms with E-state index < -0.39 is 5.91 Å². The third kappa shape index (κ3) is 5.78. The van der Waals surface area contributed by atoms with Gasteiger partial charge in [0.25, 0.3) is 5.91 Å². The summed E-state index contributed by atoms with van der Waals surface area (Å²) in [5.41, 5.74) is 8.05. The second kappa shape index (κ2) is 11.3. The maximum Gasteiger partial charge on any atom is 0.271 e. The maximum absolute atomic E-state index is 12.1. The smallest absolute Gasteiger partial charge is 0.271 e. The van der Waals surface area contributed by atoms with Crippen molar-refractivity contribution in [2.24, 2.45) is 5.73 Å². The van der Waals surface area contributed by atoms with Gasteiger partial charge in [-0.3, -0.25) is 9.59 Å². The van der Waals surface area contributed by atoms with Crippen molar-refractivity contribution in [2.75, 3.05) is 43.4 Å². The van der Waals surface area contributed by atoms with E-state index in [2.05, 4.69) is 40.8 Å². The van der Waals surface area contributed by atoms with E-state index in [4.69, 9.17) is 10.7 Å². The molecule has 0 bridgehead atoms. The number of rotatable bonds is 8. The highest BCUT2D eigenvalue weighted by molar-refractivity contribution is 5.96. The van der Waals surface area contributed by atoms with Crippen molar-refractivity contribution in [1.82, 2.24) is 19.8 Å². The first-order chi connectivity index (χ1) is 18.8. The van der Waals surface area contributed by atoms with Crippen molar-refractivity contribution >= 4 is 29.1 Å². The summed E-state index contributed by atoms with van der Waals surface area (Å²) in [5, 5.41) is 3.28. The lowest BCUT2D eigenvalue weighted by Crippen LogP contribution is -2.45. The number of hydrogen-bond acceptors (Lipinski definition) is 7. The Balaban J connectivity index is 1.27. The predicted molar refractivity (Wildman–Crippen MR) is 154 cm³/mol. The van der Waals surface area contributed by atoms with Gasteiger partial charge in [-0.05, 0) is 74.4 Å². The minimum absolute atomic E-state index is 0.0694. The first-order valence-corrected chi connectivity index (χ1v) is 14.2. The SMILES string of the molecule is C=CC(=O)N1CC[C@@H](N(C)c2cnc(C(N)=O)c(Nc3ccc(C4(C)CCN(C5CCCC5)CC4)cc3)n2)C1. The number of likely N-dealkylation sites (N-methyl/N-ethyl adjacent to an activating group) is 1. The van der Waals surface area contributed by atoms with Gasteiger partial charge in [-0.25, -0.2) is 9.97 Å². The predicted octanol–water partition coefficient (Wildman–Crippen LogP) is 3.84. The van der Waals surface area contributed by atoms with Gasteiger partial charge in [0, 0.05) is 37.9 Å². The van der Waals surface area contributed by atoms with Gasteiger partial charge in [0.05, 0.1) is 6.20 Å². The van der Waals surface area contributed by atoms with Crippen LogP contribution in [0.15, 0.2) is 43.1 Å². The molecule has 2 saturated heterocycles. The van der Waals surface area contributed by atoms with Gasteiger partial charge in [-0.15, -0.1) is 0 Å². The third-order valence-electron chi connectivity index (χ3n) is 9.14. The molecule has 0 unspecified atom stereocenters. The molecule has 3 fully saturated rings. The Morgan fingerprint density at radius 3 is 2.46 bits per heavy atom.